The topological polar surface area (TPSA) is 63.2 Å². The van der Waals surface area contributed by atoms with Crippen molar-refractivity contribution in [3.63, 3.8) is 0 Å². The molecule has 0 fully saturated rings. The molecule has 1 amide bonds. The Labute approximate surface area is 160 Å². The zero-order valence-corrected chi connectivity index (χ0v) is 17.8. The van der Waals surface area contributed by atoms with E-state index in [1.54, 1.807) is 7.05 Å². The fraction of sp³-hybridized carbons (Fsp3) is 0.864. The lowest BCUT2D eigenvalue weighted by atomic mass is 9.75. The van der Waals surface area contributed by atoms with Gasteiger partial charge in [-0.15, -0.1) is 0 Å². The van der Waals surface area contributed by atoms with Gasteiger partial charge in [0.25, 0.3) is 0 Å². The molecular formula is C22H41NO3. The van der Waals surface area contributed by atoms with Gasteiger partial charge in [0.2, 0.25) is 5.91 Å². The van der Waals surface area contributed by atoms with Gasteiger partial charge in [-0.2, -0.15) is 0 Å². The van der Waals surface area contributed by atoms with Gasteiger partial charge in [0.1, 0.15) is 11.6 Å². The number of rotatable bonds is 16. The molecule has 1 atom stereocenters. The van der Waals surface area contributed by atoms with Crippen molar-refractivity contribution in [2.24, 2.45) is 11.3 Å². The third kappa shape index (κ3) is 10.7. The second-order valence-electron chi connectivity index (χ2n) is 7.96. The molecule has 0 radical (unpaired) electrons. The number of ketones is 2. The zero-order chi connectivity index (χ0) is 20.0. The summed E-state index contributed by atoms with van der Waals surface area (Å²) in [6.07, 6.45) is 9.46. The molecule has 0 aliphatic heterocycles. The number of unbranched alkanes of at least 4 members (excludes halogenated alkanes) is 2. The Balaban J connectivity index is 4.70. The number of carbonyl (C=O) groups is 3. The van der Waals surface area contributed by atoms with Crippen molar-refractivity contribution in [3.05, 3.63) is 0 Å². The molecule has 0 aliphatic carbocycles. The van der Waals surface area contributed by atoms with Crippen LogP contribution in [0.2, 0.25) is 0 Å². The normalized spacial score (nSPS) is 13.5. The van der Waals surface area contributed by atoms with Gasteiger partial charge in [-0.1, -0.05) is 40.5 Å². The van der Waals surface area contributed by atoms with Crippen molar-refractivity contribution in [3.8, 4) is 0 Å². The molecule has 0 rings (SSSR count). The number of hydrogen-bond donors (Lipinski definition) is 1. The molecule has 1 unspecified atom stereocenters. The summed E-state index contributed by atoms with van der Waals surface area (Å²) < 4.78 is 0. The molecule has 26 heavy (non-hydrogen) atoms. The maximum Gasteiger partial charge on any atom is 0.219 e. The molecule has 1 N–H and O–H groups in total. The first-order valence-corrected chi connectivity index (χ1v) is 10.6. The van der Waals surface area contributed by atoms with E-state index in [-0.39, 0.29) is 17.2 Å². The summed E-state index contributed by atoms with van der Waals surface area (Å²) in [6.45, 7) is 8.39. The minimum absolute atomic E-state index is 0.0248. The van der Waals surface area contributed by atoms with Gasteiger partial charge in [-0.3, -0.25) is 14.4 Å². The van der Waals surface area contributed by atoms with E-state index in [9.17, 15) is 14.4 Å². The average Bonchev–Trinajstić information content (AvgIpc) is 2.64. The summed E-state index contributed by atoms with van der Waals surface area (Å²) in [5.74, 6) is 0.817. The van der Waals surface area contributed by atoms with E-state index in [4.69, 9.17) is 0 Å². The Morgan fingerprint density at radius 1 is 0.846 bits per heavy atom. The van der Waals surface area contributed by atoms with E-state index in [0.717, 1.165) is 51.4 Å². The predicted molar refractivity (Wildman–Crippen MR) is 108 cm³/mol. The van der Waals surface area contributed by atoms with Crippen LogP contribution < -0.4 is 5.32 Å². The number of carbonyl (C=O) groups excluding carboxylic acids is 3. The summed E-state index contributed by atoms with van der Waals surface area (Å²) in [4.78, 5) is 36.2. The van der Waals surface area contributed by atoms with Crippen LogP contribution in [0, 0.1) is 11.3 Å². The van der Waals surface area contributed by atoms with Gasteiger partial charge in [0, 0.05) is 38.6 Å². The molecule has 4 heteroatoms. The number of Topliss-reactive ketones (excluding diaryl/α,β-unsaturated/α-hetero) is 2. The Hall–Kier alpha value is -1.19. The second kappa shape index (κ2) is 13.9. The van der Waals surface area contributed by atoms with E-state index in [0.29, 0.717) is 37.2 Å². The van der Waals surface area contributed by atoms with Gasteiger partial charge < -0.3 is 5.32 Å². The average molecular weight is 368 g/mol. The molecule has 0 aromatic carbocycles. The van der Waals surface area contributed by atoms with Crippen LogP contribution in [0.5, 0.6) is 0 Å². The van der Waals surface area contributed by atoms with Gasteiger partial charge in [0.15, 0.2) is 0 Å². The first-order valence-electron chi connectivity index (χ1n) is 10.6. The van der Waals surface area contributed by atoms with Crippen LogP contribution in [0.25, 0.3) is 0 Å². The maximum atomic E-state index is 12.4. The highest BCUT2D eigenvalue weighted by atomic mass is 16.1. The van der Waals surface area contributed by atoms with Crippen LogP contribution in [0.1, 0.15) is 105 Å². The van der Waals surface area contributed by atoms with Crippen molar-refractivity contribution in [2.75, 3.05) is 7.05 Å². The van der Waals surface area contributed by atoms with Gasteiger partial charge in [-0.05, 0) is 43.9 Å². The third-order valence-corrected chi connectivity index (χ3v) is 5.72. The number of nitrogens with one attached hydrogen (secondary N) is 1. The van der Waals surface area contributed by atoms with Crippen LogP contribution >= 0.6 is 0 Å². The molecule has 152 valence electrons. The quantitative estimate of drug-likeness (QED) is 0.380. The van der Waals surface area contributed by atoms with Crippen LogP contribution in [0.4, 0.5) is 0 Å². The van der Waals surface area contributed by atoms with E-state index >= 15 is 0 Å². The molecule has 0 aliphatic rings. The standard InChI is InChI=1S/C22H41NO3/c1-6-9-10-11-19(24)12-15-22(4,17-14-21(26)23-5)16-13-20(25)18(7-2)8-3/h18H,6-17H2,1-5H3,(H,23,26). The lowest BCUT2D eigenvalue weighted by Gasteiger charge is -2.30. The van der Waals surface area contributed by atoms with Crippen LogP contribution in [0.3, 0.4) is 0 Å². The van der Waals surface area contributed by atoms with Crippen molar-refractivity contribution >= 4 is 17.5 Å². The van der Waals surface area contributed by atoms with E-state index in [2.05, 4.69) is 33.0 Å². The van der Waals surface area contributed by atoms with Crippen LogP contribution in [-0.4, -0.2) is 24.5 Å². The number of hydrogen-bond acceptors (Lipinski definition) is 3. The first-order chi connectivity index (χ1) is 12.3. The smallest absolute Gasteiger partial charge is 0.219 e. The van der Waals surface area contributed by atoms with Crippen LogP contribution in [0.15, 0.2) is 0 Å². The molecule has 4 nitrogen and oxygen atoms in total. The fourth-order valence-corrected chi connectivity index (χ4v) is 3.43. The molecular weight excluding hydrogens is 326 g/mol. The predicted octanol–water partition coefficient (Wildman–Crippen LogP) is 5.23. The molecule has 0 aromatic rings. The fourth-order valence-electron chi connectivity index (χ4n) is 3.43. The minimum atomic E-state index is -0.130. The Bertz CT molecular complexity index is 429. The molecule has 0 saturated heterocycles. The van der Waals surface area contributed by atoms with E-state index in [1.165, 1.54) is 0 Å². The molecule has 0 aromatic heterocycles. The van der Waals surface area contributed by atoms with E-state index < -0.39 is 0 Å². The van der Waals surface area contributed by atoms with Crippen molar-refractivity contribution in [2.45, 2.75) is 105 Å². The summed E-state index contributed by atoms with van der Waals surface area (Å²) in [6, 6.07) is 0. The number of amides is 1. The highest BCUT2D eigenvalue weighted by Crippen LogP contribution is 2.35. The Morgan fingerprint density at radius 2 is 1.42 bits per heavy atom. The van der Waals surface area contributed by atoms with Gasteiger partial charge >= 0.3 is 0 Å². The maximum absolute atomic E-state index is 12.4. The molecule has 0 spiro atoms. The lowest BCUT2D eigenvalue weighted by molar-refractivity contribution is -0.123. The summed E-state index contributed by atoms with van der Waals surface area (Å²) in [7, 11) is 1.65. The Morgan fingerprint density at radius 3 is 1.96 bits per heavy atom. The van der Waals surface area contributed by atoms with Gasteiger partial charge in [-0.25, -0.2) is 0 Å². The monoisotopic (exact) mass is 367 g/mol. The highest BCUT2D eigenvalue weighted by Gasteiger charge is 2.27. The van der Waals surface area contributed by atoms with Crippen molar-refractivity contribution < 1.29 is 14.4 Å². The van der Waals surface area contributed by atoms with Crippen molar-refractivity contribution in [1.82, 2.24) is 5.32 Å². The SMILES string of the molecule is CCCCCC(=O)CCC(C)(CCC(=O)NC)CCC(=O)C(CC)CC. The lowest BCUT2D eigenvalue weighted by Crippen LogP contribution is -2.25. The summed E-state index contributed by atoms with van der Waals surface area (Å²) >= 11 is 0. The van der Waals surface area contributed by atoms with Crippen molar-refractivity contribution in [1.29, 1.82) is 0 Å². The summed E-state index contributed by atoms with van der Waals surface area (Å²) in [5.41, 5.74) is -0.130. The Kier molecular flexibility index (Phi) is 13.3. The van der Waals surface area contributed by atoms with Crippen LogP contribution in [-0.2, 0) is 14.4 Å². The first kappa shape index (κ1) is 24.8. The third-order valence-electron chi connectivity index (χ3n) is 5.72. The molecule has 0 heterocycles. The van der Waals surface area contributed by atoms with Gasteiger partial charge in [0.05, 0.1) is 0 Å². The second-order valence-corrected chi connectivity index (χ2v) is 7.96. The van der Waals surface area contributed by atoms with E-state index in [1.807, 2.05) is 0 Å². The summed E-state index contributed by atoms with van der Waals surface area (Å²) in [5, 5.41) is 2.67. The highest BCUT2D eigenvalue weighted by molar-refractivity contribution is 5.81. The molecule has 0 bridgehead atoms. The molecule has 0 saturated carbocycles. The zero-order valence-electron chi connectivity index (χ0n) is 17.8. The largest absolute Gasteiger partial charge is 0.359 e. The minimum Gasteiger partial charge on any atom is -0.359 e.